The molecule has 0 aliphatic carbocycles. The molecule has 1 aromatic rings. The molecule has 0 unspecified atom stereocenters. The second-order valence-electron chi connectivity index (χ2n) is 4.89. The van der Waals surface area contributed by atoms with Crippen LogP contribution in [0.2, 0.25) is 0 Å². The quantitative estimate of drug-likeness (QED) is 0.746. The first-order chi connectivity index (χ1) is 8.85. The molecule has 5 heteroatoms. The smallest absolute Gasteiger partial charge is 0.349 e. The van der Waals surface area contributed by atoms with Crippen LogP contribution in [-0.4, -0.2) is 17.3 Å². The highest BCUT2D eigenvalue weighted by Crippen LogP contribution is 2.22. The monoisotopic (exact) mass is 276 g/mol. The zero-order valence-electron chi connectivity index (χ0n) is 11.9. The Morgan fingerprint density at radius 3 is 2.42 bits per heavy atom. The normalized spacial score (nSPS) is 12.1. The molecule has 0 aliphatic heterocycles. The summed E-state index contributed by atoms with van der Waals surface area (Å²) in [6.45, 7) is 8.57. The van der Waals surface area contributed by atoms with Crippen molar-refractivity contribution in [2.24, 2.45) is 0 Å². The van der Waals surface area contributed by atoms with Gasteiger partial charge < -0.3 is 9.88 Å². The predicted molar refractivity (Wildman–Crippen MR) is 71.2 cm³/mol. The molecule has 2 nitrogen and oxygen atoms in total. The average molecular weight is 276 g/mol. The number of nitrogens with one attached hydrogen (secondary N) is 1. The van der Waals surface area contributed by atoms with Gasteiger partial charge in [-0.2, -0.15) is 13.2 Å². The minimum atomic E-state index is -4.02. The van der Waals surface area contributed by atoms with Gasteiger partial charge in [0.25, 0.3) is 0 Å². The van der Waals surface area contributed by atoms with E-state index >= 15 is 0 Å². The van der Waals surface area contributed by atoms with Gasteiger partial charge in [0.1, 0.15) is 0 Å². The summed E-state index contributed by atoms with van der Waals surface area (Å²) in [6, 6.07) is 2.14. The molecule has 1 rings (SSSR count). The lowest BCUT2D eigenvalue weighted by molar-refractivity contribution is -0.135. The van der Waals surface area contributed by atoms with E-state index in [2.05, 4.69) is 36.7 Å². The van der Waals surface area contributed by atoms with Crippen molar-refractivity contribution in [1.82, 2.24) is 9.88 Å². The van der Waals surface area contributed by atoms with Crippen LogP contribution in [-0.2, 0) is 13.1 Å². The summed E-state index contributed by atoms with van der Waals surface area (Å²) >= 11 is 0. The Morgan fingerprint density at radius 2 is 1.89 bits per heavy atom. The van der Waals surface area contributed by atoms with Gasteiger partial charge in [-0.05, 0) is 51.8 Å². The number of nitrogens with zero attached hydrogens (tertiary/aromatic N) is 1. The largest absolute Gasteiger partial charge is 0.389 e. The van der Waals surface area contributed by atoms with Crippen LogP contribution in [0, 0.1) is 13.8 Å². The number of hydrogen-bond acceptors (Lipinski definition) is 1. The molecule has 19 heavy (non-hydrogen) atoms. The van der Waals surface area contributed by atoms with E-state index in [1.165, 1.54) is 17.0 Å². The molecule has 1 heterocycles. The van der Waals surface area contributed by atoms with Crippen LogP contribution in [0.5, 0.6) is 0 Å². The molecule has 110 valence electrons. The third-order valence-corrected chi connectivity index (χ3v) is 3.37. The summed E-state index contributed by atoms with van der Waals surface area (Å²) in [5, 5.41) is 3.21. The fraction of sp³-hybridized carbons (Fsp3) is 0.714. The van der Waals surface area contributed by atoms with Crippen molar-refractivity contribution in [1.29, 1.82) is 0 Å². The first-order valence-corrected chi connectivity index (χ1v) is 6.78. The number of unbranched alkanes of at least 4 members (excludes halogenated alkanes) is 1. The van der Waals surface area contributed by atoms with Gasteiger partial charge in [-0.3, -0.25) is 0 Å². The summed E-state index contributed by atoms with van der Waals surface area (Å²) in [4.78, 5) is 0. The summed E-state index contributed by atoms with van der Waals surface area (Å²) in [5.74, 6) is 0. The Bertz CT molecular complexity index is 394. The van der Waals surface area contributed by atoms with E-state index in [1.54, 1.807) is 0 Å². The van der Waals surface area contributed by atoms with Crippen LogP contribution in [0.3, 0.4) is 0 Å². The van der Waals surface area contributed by atoms with E-state index in [0.29, 0.717) is 13.0 Å². The van der Waals surface area contributed by atoms with Crippen LogP contribution in [0.15, 0.2) is 6.07 Å². The first kappa shape index (κ1) is 16.1. The van der Waals surface area contributed by atoms with E-state index < -0.39 is 12.6 Å². The molecular weight excluding hydrogens is 253 g/mol. The molecule has 0 fully saturated rings. The highest BCUT2D eigenvalue weighted by molar-refractivity contribution is 5.26. The summed E-state index contributed by atoms with van der Waals surface area (Å²) < 4.78 is 38.1. The molecule has 0 aromatic carbocycles. The van der Waals surface area contributed by atoms with E-state index in [-0.39, 0.29) is 6.42 Å². The van der Waals surface area contributed by atoms with Crippen molar-refractivity contribution in [2.45, 2.75) is 59.3 Å². The first-order valence-electron chi connectivity index (χ1n) is 6.78. The van der Waals surface area contributed by atoms with Gasteiger partial charge in [0.2, 0.25) is 0 Å². The molecule has 1 aromatic heterocycles. The maximum atomic E-state index is 11.9. The van der Waals surface area contributed by atoms with Crippen LogP contribution < -0.4 is 5.32 Å². The highest BCUT2D eigenvalue weighted by Gasteiger charge is 2.25. The van der Waals surface area contributed by atoms with Crippen LogP contribution in [0.1, 0.15) is 43.1 Å². The SMILES string of the molecule is CCn1c(C)cc(CNCCCCC(F)(F)F)c1C. The minimum Gasteiger partial charge on any atom is -0.349 e. The Labute approximate surface area is 113 Å². The Kier molecular flexibility index (Phi) is 5.91. The highest BCUT2D eigenvalue weighted by atomic mass is 19.4. The molecule has 0 atom stereocenters. The molecular formula is C14H23F3N2. The van der Waals surface area contributed by atoms with Crippen molar-refractivity contribution in [3.05, 3.63) is 23.0 Å². The lowest BCUT2D eigenvalue weighted by Gasteiger charge is -2.08. The van der Waals surface area contributed by atoms with Gasteiger partial charge >= 0.3 is 6.18 Å². The zero-order valence-corrected chi connectivity index (χ0v) is 11.9. The van der Waals surface area contributed by atoms with Gasteiger partial charge in [-0.25, -0.2) is 0 Å². The molecule has 0 spiro atoms. The third-order valence-electron chi connectivity index (χ3n) is 3.37. The van der Waals surface area contributed by atoms with Gasteiger partial charge in [0.05, 0.1) is 0 Å². The molecule has 1 N–H and O–H groups in total. The maximum absolute atomic E-state index is 11.9. The van der Waals surface area contributed by atoms with Crippen LogP contribution >= 0.6 is 0 Å². The van der Waals surface area contributed by atoms with E-state index in [0.717, 1.165) is 13.1 Å². The second kappa shape index (κ2) is 6.98. The van der Waals surface area contributed by atoms with E-state index in [1.807, 2.05) is 0 Å². The lowest BCUT2D eigenvalue weighted by Crippen LogP contribution is -2.16. The number of aromatic nitrogens is 1. The Morgan fingerprint density at radius 1 is 1.21 bits per heavy atom. The fourth-order valence-electron chi connectivity index (χ4n) is 2.34. The second-order valence-corrected chi connectivity index (χ2v) is 4.89. The number of rotatable bonds is 7. The van der Waals surface area contributed by atoms with Gasteiger partial charge in [-0.1, -0.05) is 0 Å². The number of hydrogen-bond donors (Lipinski definition) is 1. The molecule has 0 amide bonds. The van der Waals surface area contributed by atoms with E-state index in [9.17, 15) is 13.2 Å². The molecule has 0 bridgehead atoms. The number of alkyl halides is 3. The zero-order chi connectivity index (χ0) is 14.5. The van der Waals surface area contributed by atoms with Crippen LogP contribution in [0.25, 0.3) is 0 Å². The van der Waals surface area contributed by atoms with Crippen molar-refractivity contribution in [3.63, 3.8) is 0 Å². The summed E-state index contributed by atoms with van der Waals surface area (Å²) in [5.41, 5.74) is 3.70. The maximum Gasteiger partial charge on any atom is 0.389 e. The molecule has 0 saturated heterocycles. The lowest BCUT2D eigenvalue weighted by atomic mass is 10.2. The average Bonchev–Trinajstić information content (AvgIpc) is 2.57. The van der Waals surface area contributed by atoms with Crippen molar-refractivity contribution in [2.75, 3.05) is 6.54 Å². The summed E-state index contributed by atoms with van der Waals surface area (Å²) in [6.07, 6.45) is -3.94. The van der Waals surface area contributed by atoms with Crippen LogP contribution in [0.4, 0.5) is 13.2 Å². The summed E-state index contributed by atoms with van der Waals surface area (Å²) in [7, 11) is 0. The van der Waals surface area contributed by atoms with Crippen molar-refractivity contribution >= 4 is 0 Å². The molecule has 0 aliphatic rings. The predicted octanol–water partition coefficient (Wildman–Crippen LogP) is 3.95. The van der Waals surface area contributed by atoms with E-state index in [4.69, 9.17) is 0 Å². The van der Waals surface area contributed by atoms with Crippen molar-refractivity contribution in [3.8, 4) is 0 Å². The molecule has 0 radical (unpaired) electrons. The van der Waals surface area contributed by atoms with Gasteiger partial charge in [0, 0.05) is 30.9 Å². The number of aryl methyl sites for hydroxylation is 1. The van der Waals surface area contributed by atoms with Crippen molar-refractivity contribution < 1.29 is 13.2 Å². The third kappa shape index (κ3) is 5.27. The number of halogens is 3. The Hall–Kier alpha value is -0.970. The topological polar surface area (TPSA) is 17.0 Å². The van der Waals surface area contributed by atoms with Gasteiger partial charge in [-0.15, -0.1) is 0 Å². The fourth-order valence-corrected chi connectivity index (χ4v) is 2.34. The van der Waals surface area contributed by atoms with Gasteiger partial charge in [0.15, 0.2) is 0 Å². The molecule has 0 saturated carbocycles. The Balaban J connectivity index is 2.27. The standard InChI is InChI=1S/C14H23F3N2/c1-4-19-11(2)9-13(12(19)3)10-18-8-6-5-7-14(15,16)17/h9,18H,4-8,10H2,1-3H3. The minimum absolute atomic E-state index is 0.199.